The Morgan fingerprint density at radius 1 is 1.23 bits per heavy atom. The van der Waals surface area contributed by atoms with Gasteiger partial charge >= 0.3 is 0 Å². The number of dihydropyridines is 1. The summed E-state index contributed by atoms with van der Waals surface area (Å²) in [4.78, 5) is 19.3. The highest BCUT2D eigenvalue weighted by Gasteiger charge is 2.31. The number of hydrazone groups is 1. The Hall–Kier alpha value is -3.28. The fourth-order valence-corrected chi connectivity index (χ4v) is 3.66. The predicted octanol–water partition coefficient (Wildman–Crippen LogP) is 3.11. The molecule has 152 valence electrons. The van der Waals surface area contributed by atoms with Crippen LogP contribution in [-0.4, -0.2) is 22.7 Å². The number of aromatic nitrogens is 1. The van der Waals surface area contributed by atoms with Crippen molar-refractivity contribution >= 4 is 34.7 Å². The Kier molecular flexibility index (Phi) is 5.48. The van der Waals surface area contributed by atoms with E-state index in [1.54, 1.807) is 18.2 Å². The zero-order valence-corrected chi connectivity index (χ0v) is 17.0. The third-order valence-electron chi connectivity index (χ3n) is 4.70. The lowest BCUT2D eigenvalue weighted by atomic mass is 9.95. The first-order valence-corrected chi connectivity index (χ1v) is 9.82. The average molecular weight is 443 g/mol. The Labute approximate surface area is 181 Å². The van der Waals surface area contributed by atoms with Gasteiger partial charge in [0.15, 0.2) is 5.75 Å². The molecule has 4 N–H and O–H groups in total. The van der Waals surface area contributed by atoms with E-state index in [4.69, 9.17) is 38.9 Å². The molecule has 4 rings (SSSR count). The SMILES string of the molecule is N#Cc1cc(Cl)cc(Oc2cc(CCC3=NNC4N=C(N)C=CC34)[nH]c(=O)c2Cl)c1. The Morgan fingerprint density at radius 2 is 2.07 bits per heavy atom. The van der Waals surface area contributed by atoms with Gasteiger partial charge in [-0.15, -0.1) is 0 Å². The van der Waals surface area contributed by atoms with Crippen LogP contribution in [0.3, 0.4) is 0 Å². The van der Waals surface area contributed by atoms with Gasteiger partial charge in [0, 0.05) is 22.5 Å². The monoisotopic (exact) mass is 442 g/mol. The number of benzene rings is 1. The molecule has 1 aromatic carbocycles. The maximum atomic E-state index is 12.3. The second-order valence-corrected chi connectivity index (χ2v) is 7.62. The van der Waals surface area contributed by atoms with Gasteiger partial charge in [0.25, 0.3) is 5.56 Å². The molecule has 0 fully saturated rings. The molecule has 1 aromatic heterocycles. The number of aliphatic imine (C=N–C) groups is 1. The van der Waals surface area contributed by atoms with Crippen molar-refractivity contribution in [1.29, 1.82) is 5.26 Å². The Morgan fingerprint density at radius 3 is 2.87 bits per heavy atom. The lowest BCUT2D eigenvalue weighted by Crippen LogP contribution is -2.32. The topological polar surface area (TPSA) is 129 Å². The first kappa shape index (κ1) is 20.0. The molecule has 0 aliphatic carbocycles. The zero-order valence-electron chi connectivity index (χ0n) is 15.5. The van der Waals surface area contributed by atoms with Crippen LogP contribution in [0.5, 0.6) is 11.5 Å². The Balaban J connectivity index is 1.51. The summed E-state index contributed by atoms with van der Waals surface area (Å²) < 4.78 is 5.75. The summed E-state index contributed by atoms with van der Waals surface area (Å²) in [6.45, 7) is 0. The van der Waals surface area contributed by atoms with E-state index in [-0.39, 0.29) is 22.9 Å². The van der Waals surface area contributed by atoms with E-state index < -0.39 is 5.56 Å². The molecule has 2 unspecified atom stereocenters. The van der Waals surface area contributed by atoms with Crippen LogP contribution in [0.25, 0.3) is 0 Å². The van der Waals surface area contributed by atoms with Crippen LogP contribution in [0.2, 0.25) is 10.0 Å². The third-order valence-corrected chi connectivity index (χ3v) is 5.28. The summed E-state index contributed by atoms with van der Waals surface area (Å²) in [7, 11) is 0. The summed E-state index contributed by atoms with van der Waals surface area (Å²) in [5, 5.41) is 13.7. The molecule has 30 heavy (non-hydrogen) atoms. The summed E-state index contributed by atoms with van der Waals surface area (Å²) in [6.07, 6.45) is 4.65. The number of hydrogen-bond donors (Lipinski definition) is 3. The van der Waals surface area contributed by atoms with Crippen LogP contribution >= 0.6 is 23.2 Å². The van der Waals surface area contributed by atoms with E-state index in [2.05, 4.69) is 20.5 Å². The standard InChI is InChI=1S/C20H16Cl2N6O2/c21-11-5-10(9-23)6-13(7-11)30-16-8-12(25-20(29)18(16)22)1-3-15-14-2-4-17(24)26-19(14)28-27-15/h2,4-8,14,19,28H,1,3H2,(H2,24,26)(H,25,29). The second kappa shape index (κ2) is 8.22. The molecule has 0 saturated carbocycles. The van der Waals surface area contributed by atoms with Gasteiger partial charge in [-0.05, 0) is 37.1 Å². The van der Waals surface area contributed by atoms with Crippen molar-refractivity contribution in [3.63, 3.8) is 0 Å². The highest BCUT2D eigenvalue weighted by molar-refractivity contribution is 6.32. The number of amidine groups is 1. The number of ether oxygens (including phenoxy) is 1. The van der Waals surface area contributed by atoms with E-state index in [1.165, 1.54) is 12.1 Å². The van der Waals surface area contributed by atoms with Crippen LogP contribution in [-0.2, 0) is 6.42 Å². The molecule has 2 aliphatic rings. The normalized spacial score (nSPS) is 19.4. The summed E-state index contributed by atoms with van der Waals surface area (Å²) in [5.74, 6) is 0.987. The molecule has 0 bridgehead atoms. The lowest BCUT2D eigenvalue weighted by Gasteiger charge is -2.17. The molecule has 2 aromatic rings. The first-order valence-electron chi connectivity index (χ1n) is 9.06. The van der Waals surface area contributed by atoms with Gasteiger partial charge in [0.1, 0.15) is 22.8 Å². The van der Waals surface area contributed by atoms with Crippen molar-refractivity contribution < 1.29 is 4.74 Å². The number of fused-ring (bicyclic) bond motifs is 1. The number of rotatable bonds is 5. The van der Waals surface area contributed by atoms with Gasteiger partial charge in [-0.25, -0.2) is 4.99 Å². The van der Waals surface area contributed by atoms with Crippen LogP contribution in [0.4, 0.5) is 0 Å². The Bertz CT molecular complexity index is 1190. The van der Waals surface area contributed by atoms with Gasteiger partial charge in [-0.3, -0.25) is 10.2 Å². The molecule has 2 aliphatic heterocycles. The minimum absolute atomic E-state index is 0.0305. The maximum Gasteiger partial charge on any atom is 0.270 e. The van der Waals surface area contributed by atoms with Crippen LogP contribution in [0, 0.1) is 17.2 Å². The largest absolute Gasteiger partial charge is 0.455 e. The number of nitrogens with zero attached hydrogens (tertiary/aromatic N) is 3. The minimum Gasteiger partial charge on any atom is -0.455 e. The first-order chi connectivity index (χ1) is 14.4. The number of pyridine rings is 1. The van der Waals surface area contributed by atoms with Crippen LogP contribution in [0.15, 0.2) is 51.3 Å². The summed E-state index contributed by atoms with van der Waals surface area (Å²) in [5.41, 5.74) is 10.1. The van der Waals surface area contributed by atoms with Gasteiger partial charge in [-0.2, -0.15) is 10.4 Å². The number of aryl methyl sites for hydroxylation is 1. The number of nitrogens with one attached hydrogen (secondary N) is 2. The van der Waals surface area contributed by atoms with Crippen molar-refractivity contribution in [2.45, 2.75) is 19.0 Å². The van der Waals surface area contributed by atoms with E-state index in [0.717, 1.165) is 5.71 Å². The molecule has 0 saturated heterocycles. The van der Waals surface area contributed by atoms with E-state index in [9.17, 15) is 4.79 Å². The van der Waals surface area contributed by atoms with Crippen molar-refractivity contribution in [1.82, 2.24) is 10.4 Å². The summed E-state index contributed by atoms with van der Waals surface area (Å²) in [6, 6.07) is 8.23. The molecular weight excluding hydrogens is 427 g/mol. The highest BCUT2D eigenvalue weighted by Crippen LogP contribution is 2.30. The van der Waals surface area contributed by atoms with Gasteiger partial charge < -0.3 is 15.5 Å². The van der Waals surface area contributed by atoms with E-state index in [1.807, 2.05) is 12.1 Å². The van der Waals surface area contributed by atoms with Gasteiger partial charge in [0.2, 0.25) is 0 Å². The molecule has 8 nitrogen and oxygen atoms in total. The molecule has 0 radical (unpaired) electrons. The fraction of sp³-hybridized carbons (Fsp3) is 0.200. The van der Waals surface area contributed by atoms with E-state index >= 15 is 0 Å². The van der Waals surface area contributed by atoms with Crippen molar-refractivity contribution in [2.75, 3.05) is 0 Å². The van der Waals surface area contributed by atoms with Gasteiger partial charge in [0.05, 0.1) is 17.6 Å². The fourth-order valence-electron chi connectivity index (χ4n) is 3.30. The quantitative estimate of drug-likeness (QED) is 0.654. The number of hydrogen-bond acceptors (Lipinski definition) is 7. The van der Waals surface area contributed by atoms with E-state index in [0.29, 0.717) is 40.7 Å². The number of H-pyrrole nitrogens is 1. The van der Waals surface area contributed by atoms with Crippen LogP contribution < -0.4 is 21.5 Å². The molecule has 10 heteroatoms. The zero-order chi connectivity index (χ0) is 21.3. The molecule has 3 heterocycles. The highest BCUT2D eigenvalue weighted by atomic mass is 35.5. The second-order valence-electron chi connectivity index (χ2n) is 6.81. The summed E-state index contributed by atoms with van der Waals surface area (Å²) >= 11 is 12.1. The molecule has 2 atom stereocenters. The minimum atomic E-state index is -0.467. The van der Waals surface area contributed by atoms with Crippen molar-refractivity contribution in [3.8, 4) is 17.6 Å². The molecule has 0 amide bonds. The number of halogens is 2. The molecular formula is C20H16Cl2N6O2. The lowest BCUT2D eigenvalue weighted by molar-refractivity contribution is 0.480. The third kappa shape index (κ3) is 4.17. The predicted molar refractivity (Wildman–Crippen MR) is 115 cm³/mol. The maximum absolute atomic E-state index is 12.3. The number of nitrogens with two attached hydrogens (primary N) is 1. The van der Waals surface area contributed by atoms with Crippen LogP contribution in [0.1, 0.15) is 17.7 Å². The van der Waals surface area contributed by atoms with Gasteiger partial charge in [-0.1, -0.05) is 29.3 Å². The number of aromatic amines is 1. The van der Waals surface area contributed by atoms with Crippen molar-refractivity contribution in [3.05, 3.63) is 68.1 Å². The average Bonchev–Trinajstić information content (AvgIpc) is 3.11. The smallest absolute Gasteiger partial charge is 0.270 e. The van der Waals surface area contributed by atoms with Crippen molar-refractivity contribution in [2.24, 2.45) is 21.7 Å². The molecule has 0 spiro atoms. The number of nitriles is 1.